The SMILES string of the molecule is COC(C)(C)CNCC1CCOC1. The fourth-order valence-electron chi connectivity index (χ4n) is 1.39. The largest absolute Gasteiger partial charge is 0.381 e. The van der Waals surface area contributed by atoms with E-state index >= 15 is 0 Å². The molecule has 3 nitrogen and oxygen atoms in total. The van der Waals surface area contributed by atoms with Gasteiger partial charge in [0.15, 0.2) is 0 Å². The predicted molar refractivity (Wildman–Crippen MR) is 52.9 cm³/mol. The molecule has 13 heavy (non-hydrogen) atoms. The molecule has 1 fully saturated rings. The maximum atomic E-state index is 5.31. The van der Waals surface area contributed by atoms with E-state index in [1.807, 2.05) is 0 Å². The second-order valence-electron chi connectivity index (χ2n) is 4.32. The number of ether oxygens (including phenoxy) is 2. The first-order valence-electron chi connectivity index (χ1n) is 4.98. The molecule has 1 rings (SSSR count). The molecule has 1 saturated heterocycles. The van der Waals surface area contributed by atoms with Gasteiger partial charge in [-0.05, 0) is 26.2 Å². The number of hydrogen-bond acceptors (Lipinski definition) is 3. The Morgan fingerprint density at radius 1 is 1.54 bits per heavy atom. The van der Waals surface area contributed by atoms with Crippen LogP contribution in [0.25, 0.3) is 0 Å². The molecule has 0 aromatic rings. The van der Waals surface area contributed by atoms with Gasteiger partial charge in [0.05, 0.1) is 12.2 Å². The highest BCUT2D eigenvalue weighted by Gasteiger charge is 2.18. The van der Waals surface area contributed by atoms with Crippen LogP contribution in [0.5, 0.6) is 0 Å². The average Bonchev–Trinajstić information content (AvgIpc) is 2.57. The van der Waals surface area contributed by atoms with Gasteiger partial charge in [0, 0.05) is 26.8 Å². The number of rotatable bonds is 5. The van der Waals surface area contributed by atoms with Crippen molar-refractivity contribution in [3.63, 3.8) is 0 Å². The van der Waals surface area contributed by atoms with Crippen LogP contribution >= 0.6 is 0 Å². The fourth-order valence-corrected chi connectivity index (χ4v) is 1.39. The Balaban J connectivity index is 2.06. The molecule has 0 bridgehead atoms. The summed E-state index contributed by atoms with van der Waals surface area (Å²) in [5.74, 6) is 0.702. The summed E-state index contributed by atoms with van der Waals surface area (Å²) in [5.41, 5.74) is -0.0561. The van der Waals surface area contributed by atoms with Gasteiger partial charge >= 0.3 is 0 Å². The molecule has 0 aromatic carbocycles. The van der Waals surface area contributed by atoms with Crippen LogP contribution in [0.15, 0.2) is 0 Å². The van der Waals surface area contributed by atoms with Gasteiger partial charge in [0.25, 0.3) is 0 Å². The third kappa shape index (κ3) is 4.07. The lowest BCUT2D eigenvalue weighted by Crippen LogP contribution is -2.38. The van der Waals surface area contributed by atoms with Crippen LogP contribution in [-0.4, -0.2) is 39.0 Å². The zero-order valence-corrected chi connectivity index (χ0v) is 8.93. The standard InChI is InChI=1S/C10H21NO2/c1-10(2,12-3)8-11-6-9-4-5-13-7-9/h9,11H,4-8H2,1-3H3. The van der Waals surface area contributed by atoms with Gasteiger partial charge in [-0.1, -0.05) is 0 Å². The van der Waals surface area contributed by atoms with Crippen molar-refractivity contribution in [1.82, 2.24) is 5.32 Å². The second-order valence-corrected chi connectivity index (χ2v) is 4.32. The number of nitrogens with one attached hydrogen (secondary N) is 1. The number of hydrogen-bond donors (Lipinski definition) is 1. The summed E-state index contributed by atoms with van der Waals surface area (Å²) in [6, 6.07) is 0. The molecule has 0 aliphatic carbocycles. The highest BCUT2D eigenvalue weighted by molar-refractivity contribution is 4.73. The maximum Gasteiger partial charge on any atom is 0.0746 e. The molecular formula is C10H21NO2. The van der Waals surface area contributed by atoms with E-state index in [0.29, 0.717) is 5.92 Å². The van der Waals surface area contributed by atoms with Crippen molar-refractivity contribution in [3.8, 4) is 0 Å². The van der Waals surface area contributed by atoms with E-state index in [0.717, 1.165) is 26.3 Å². The molecule has 1 atom stereocenters. The minimum absolute atomic E-state index is 0.0561. The molecule has 78 valence electrons. The summed E-state index contributed by atoms with van der Waals surface area (Å²) < 4.78 is 10.6. The summed E-state index contributed by atoms with van der Waals surface area (Å²) >= 11 is 0. The lowest BCUT2D eigenvalue weighted by atomic mass is 10.1. The summed E-state index contributed by atoms with van der Waals surface area (Å²) in [6.07, 6.45) is 1.19. The third-order valence-electron chi connectivity index (χ3n) is 2.56. The Hall–Kier alpha value is -0.120. The Bertz CT molecular complexity index is 142. The van der Waals surface area contributed by atoms with E-state index in [1.165, 1.54) is 6.42 Å². The highest BCUT2D eigenvalue weighted by atomic mass is 16.5. The molecular weight excluding hydrogens is 166 g/mol. The third-order valence-corrected chi connectivity index (χ3v) is 2.56. The van der Waals surface area contributed by atoms with Gasteiger partial charge in [-0.15, -0.1) is 0 Å². The minimum atomic E-state index is -0.0561. The molecule has 1 aliphatic rings. The Morgan fingerprint density at radius 2 is 2.31 bits per heavy atom. The van der Waals surface area contributed by atoms with Gasteiger partial charge in [0.2, 0.25) is 0 Å². The normalized spacial score (nSPS) is 23.8. The molecule has 3 heteroatoms. The lowest BCUT2D eigenvalue weighted by molar-refractivity contribution is 0.0226. The van der Waals surface area contributed by atoms with E-state index in [1.54, 1.807) is 7.11 Å². The zero-order chi connectivity index (χ0) is 9.73. The van der Waals surface area contributed by atoms with E-state index < -0.39 is 0 Å². The van der Waals surface area contributed by atoms with Crippen molar-refractivity contribution in [2.24, 2.45) is 5.92 Å². The summed E-state index contributed by atoms with van der Waals surface area (Å²) in [5, 5.41) is 3.41. The van der Waals surface area contributed by atoms with Crippen molar-refractivity contribution < 1.29 is 9.47 Å². The van der Waals surface area contributed by atoms with E-state index in [9.17, 15) is 0 Å². The van der Waals surface area contributed by atoms with Crippen LogP contribution in [-0.2, 0) is 9.47 Å². The van der Waals surface area contributed by atoms with Crippen molar-refractivity contribution >= 4 is 0 Å². The fraction of sp³-hybridized carbons (Fsp3) is 1.00. The number of methoxy groups -OCH3 is 1. The van der Waals surface area contributed by atoms with Crippen LogP contribution in [0.2, 0.25) is 0 Å². The van der Waals surface area contributed by atoms with Crippen LogP contribution < -0.4 is 5.32 Å². The molecule has 0 aromatic heterocycles. The topological polar surface area (TPSA) is 30.5 Å². The van der Waals surface area contributed by atoms with Gasteiger partial charge in [0.1, 0.15) is 0 Å². The first-order valence-corrected chi connectivity index (χ1v) is 4.98. The molecule has 1 aliphatic heterocycles. The lowest BCUT2D eigenvalue weighted by Gasteiger charge is -2.24. The van der Waals surface area contributed by atoms with Crippen LogP contribution in [0, 0.1) is 5.92 Å². The zero-order valence-electron chi connectivity index (χ0n) is 8.93. The van der Waals surface area contributed by atoms with E-state index in [2.05, 4.69) is 19.2 Å². The molecule has 1 unspecified atom stereocenters. The first kappa shape index (κ1) is 11.0. The van der Waals surface area contributed by atoms with Crippen molar-refractivity contribution in [3.05, 3.63) is 0 Å². The first-order chi connectivity index (χ1) is 6.14. The maximum absolute atomic E-state index is 5.31. The predicted octanol–water partition coefficient (Wildman–Crippen LogP) is 1.04. The Kier molecular flexibility index (Phi) is 4.16. The molecule has 0 spiro atoms. The summed E-state index contributed by atoms with van der Waals surface area (Å²) in [6.45, 7) is 7.98. The van der Waals surface area contributed by atoms with Crippen molar-refractivity contribution in [2.75, 3.05) is 33.4 Å². The monoisotopic (exact) mass is 187 g/mol. The van der Waals surface area contributed by atoms with Crippen LogP contribution in [0.3, 0.4) is 0 Å². The van der Waals surface area contributed by atoms with Crippen LogP contribution in [0.1, 0.15) is 20.3 Å². The quantitative estimate of drug-likeness (QED) is 0.697. The van der Waals surface area contributed by atoms with Gasteiger partial charge in [-0.3, -0.25) is 0 Å². The second kappa shape index (κ2) is 4.94. The van der Waals surface area contributed by atoms with Crippen molar-refractivity contribution in [2.45, 2.75) is 25.9 Å². The Labute approximate surface area is 80.8 Å². The minimum Gasteiger partial charge on any atom is -0.381 e. The molecule has 1 heterocycles. The smallest absolute Gasteiger partial charge is 0.0746 e. The van der Waals surface area contributed by atoms with E-state index in [4.69, 9.17) is 9.47 Å². The molecule has 1 N–H and O–H groups in total. The molecule has 0 amide bonds. The highest BCUT2D eigenvalue weighted by Crippen LogP contribution is 2.11. The Morgan fingerprint density at radius 3 is 2.85 bits per heavy atom. The van der Waals surface area contributed by atoms with Crippen molar-refractivity contribution in [1.29, 1.82) is 0 Å². The van der Waals surface area contributed by atoms with Gasteiger partial charge in [-0.2, -0.15) is 0 Å². The van der Waals surface area contributed by atoms with Crippen LogP contribution in [0.4, 0.5) is 0 Å². The molecule has 0 radical (unpaired) electrons. The van der Waals surface area contributed by atoms with Gasteiger partial charge in [-0.25, -0.2) is 0 Å². The summed E-state index contributed by atoms with van der Waals surface area (Å²) in [7, 11) is 1.75. The molecule has 0 saturated carbocycles. The van der Waals surface area contributed by atoms with Gasteiger partial charge < -0.3 is 14.8 Å². The average molecular weight is 187 g/mol. The summed E-state index contributed by atoms with van der Waals surface area (Å²) in [4.78, 5) is 0. The van der Waals surface area contributed by atoms with E-state index in [-0.39, 0.29) is 5.60 Å².